The van der Waals surface area contributed by atoms with Crippen LogP contribution < -0.4 is 0 Å². The number of fused-ring (bicyclic) bond motifs is 1. The van der Waals surface area contributed by atoms with E-state index in [2.05, 4.69) is 0 Å². The fourth-order valence-corrected chi connectivity index (χ4v) is 2.26. The SMILES string of the molecule is O=C1C(O)=C(S(=O)(=O)O)C(=O)c2ccccc21.[NaH]. The van der Waals surface area contributed by atoms with E-state index in [0.717, 1.165) is 0 Å². The average Bonchev–Trinajstić information content (AvgIpc) is 2.24. The first kappa shape index (κ1) is 15.1. The normalized spacial score (nSPS) is 15.2. The van der Waals surface area contributed by atoms with Crippen molar-refractivity contribution in [3.8, 4) is 0 Å². The van der Waals surface area contributed by atoms with E-state index < -0.39 is 32.3 Å². The molecule has 0 saturated heterocycles. The Labute approximate surface area is 124 Å². The van der Waals surface area contributed by atoms with Crippen molar-refractivity contribution in [3.63, 3.8) is 0 Å². The van der Waals surface area contributed by atoms with Crippen molar-refractivity contribution in [1.82, 2.24) is 0 Å². The van der Waals surface area contributed by atoms with Gasteiger partial charge in [-0.15, -0.1) is 0 Å². The monoisotopic (exact) mass is 278 g/mol. The van der Waals surface area contributed by atoms with Gasteiger partial charge in [-0.1, -0.05) is 24.3 Å². The van der Waals surface area contributed by atoms with E-state index in [-0.39, 0.29) is 40.7 Å². The summed E-state index contributed by atoms with van der Waals surface area (Å²) in [6, 6.07) is 5.43. The summed E-state index contributed by atoms with van der Waals surface area (Å²) >= 11 is 0. The van der Waals surface area contributed by atoms with Gasteiger partial charge >= 0.3 is 39.7 Å². The third kappa shape index (κ3) is 2.27. The summed E-state index contributed by atoms with van der Waals surface area (Å²) in [5.74, 6) is -3.36. The standard InChI is InChI=1S/C10H6O6S.Na.H/c11-7-5-3-1-2-4-6(5)8(12)10(9(7)13)17(14,15)16;;/h1-4,13H,(H,14,15,16);;. The molecular formula is C10H7NaO6S. The Morgan fingerprint density at radius 3 is 1.83 bits per heavy atom. The van der Waals surface area contributed by atoms with Crippen LogP contribution in [0.25, 0.3) is 0 Å². The van der Waals surface area contributed by atoms with Crippen molar-refractivity contribution in [2.24, 2.45) is 0 Å². The number of Topliss-reactive ketones (excluding diaryl/α,β-unsaturated/α-hetero) is 2. The molecule has 8 heteroatoms. The Balaban J connectivity index is 0.00000162. The molecular weight excluding hydrogens is 271 g/mol. The number of hydrogen-bond donors (Lipinski definition) is 2. The van der Waals surface area contributed by atoms with Crippen LogP contribution >= 0.6 is 0 Å². The molecule has 1 aliphatic rings. The van der Waals surface area contributed by atoms with E-state index in [9.17, 15) is 23.1 Å². The second-order valence-electron chi connectivity index (χ2n) is 3.36. The number of ketones is 2. The van der Waals surface area contributed by atoms with Gasteiger partial charge in [-0.3, -0.25) is 14.1 Å². The molecule has 0 unspecified atom stereocenters. The van der Waals surface area contributed by atoms with Gasteiger partial charge in [-0.25, -0.2) is 0 Å². The minimum absolute atomic E-state index is 0. The van der Waals surface area contributed by atoms with E-state index in [1.807, 2.05) is 0 Å². The van der Waals surface area contributed by atoms with Gasteiger partial charge in [0.2, 0.25) is 11.6 Å². The van der Waals surface area contributed by atoms with Crippen molar-refractivity contribution in [1.29, 1.82) is 0 Å². The topological polar surface area (TPSA) is 109 Å². The maximum absolute atomic E-state index is 11.7. The molecule has 0 aromatic heterocycles. The molecule has 0 radical (unpaired) electrons. The van der Waals surface area contributed by atoms with Crippen LogP contribution in [-0.4, -0.2) is 59.2 Å². The summed E-state index contributed by atoms with van der Waals surface area (Å²) < 4.78 is 30.7. The first-order valence-electron chi connectivity index (χ1n) is 4.43. The van der Waals surface area contributed by atoms with Crippen LogP contribution in [0, 0.1) is 0 Å². The summed E-state index contributed by atoms with van der Waals surface area (Å²) in [6.45, 7) is 0. The van der Waals surface area contributed by atoms with E-state index in [1.54, 1.807) is 0 Å². The van der Waals surface area contributed by atoms with Gasteiger partial charge in [0.05, 0.1) is 0 Å². The molecule has 0 bridgehead atoms. The first-order valence-corrected chi connectivity index (χ1v) is 5.87. The van der Waals surface area contributed by atoms with Crippen molar-refractivity contribution >= 4 is 51.2 Å². The van der Waals surface area contributed by atoms with Crippen molar-refractivity contribution in [2.45, 2.75) is 0 Å². The van der Waals surface area contributed by atoms with Crippen molar-refractivity contribution in [2.75, 3.05) is 0 Å². The van der Waals surface area contributed by atoms with Gasteiger partial charge in [0.25, 0.3) is 0 Å². The molecule has 0 spiro atoms. The number of carbonyl (C=O) groups excluding carboxylic acids is 2. The average molecular weight is 278 g/mol. The van der Waals surface area contributed by atoms with Crippen molar-refractivity contribution in [3.05, 3.63) is 46.1 Å². The van der Waals surface area contributed by atoms with Gasteiger partial charge in [-0.05, 0) is 0 Å². The summed E-state index contributed by atoms with van der Waals surface area (Å²) in [6.07, 6.45) is 0. The molecule has 90 valence electrons. The Hall–Kier alpha value is -0.990. The molecule has 2 rings (SSSR count). The van der Waals surface area contributed by atoms with Gasteiger partial charge < -0.3 is 5.11 Å². The number of hydrogen-bond acceptors (Lipinski definition) is 5. The molecule has 0 amide bonds. The third-order valence-corrected chi connectivity index (χ3v) is 3.21. The summed E-state index contributed by atoms with van der Waals surface area (Å²) in [4.78, 5) is 22.0. The van der Waals surface area contributed by atoms with E-state index in [0.29, 0.717) is 0 Å². The van der Waals surface area contributed by atoms with Crippen LogP contribution in [0.4, 0.5) is 0 Å². The zero-order chi connectivity index (χ0) is 12.8. The predicted octanol–water partition coefficient (Wildman–Crippen LogP) is 0.0745. The Bertz CT molecular complexity index is 673. The fraction of sp³-hybridized carbons (Fsp3) is 0. The molecule has 2 N–H and O–H groups in total. The quantitative estimate of drug-likeness (QED) is 0.556. The molecule has 1 aromatic rings. The van der Waals surface area contributed by atoms with Gasteiger partial charge in [0, 0.05) is 11.1 Å². The molecule has 1 aliphatic carbocycles. The molecule has 0 aliphatic heterocycles. The number of benzene rings is 1. The van der Waals surface area contributed by atoms with E-state index in [4.69, 9.17) is 4.55 Å². The van der Waals surface area contributed by atoms with Crippen LogP contribution in [0.3, 0.4) is 0 Å². The van der Waals surface area contributed by atoms with Crippen molar-refractivity contribution < 1.29 is 27.7 Å². The van der Waals surface area contributed by atoms with E-state index in [1.165, 1.54) is 24.3 Å². The van der Waals surface area contributed by atoms with E-state index >= 15 is 0 Å². The molecule has 0 fully saturated rings. The molecule has 0 heterocycles. The fourth-order valence-electron chi connectivity index (χ4n) is 1.58. The van der Waals surface area contributed by atoms with Gasteiger partial charge in [-0.2, -0.15) is 8.42 Å². The summed E-state index contributed by atoms with van der Waals surface area (Å²) in [7, 11) is -4.94. The maximum atomic E-state index is 11.7. The molecule has 1 aromatic carbocycles. The summed E-state index contributed by atoms with van der Waals surface area (Å²) in [5.41, 5.74) is -0.259. The molecule has 18 heavy (non-hydrogen) atoms. The Morgan fingerprint density at radius 1 is 0.944 bits per heavy atom. The molecule has 0 saturated carbocycles. The second kappa shape index (κ2) is 4.94. The molecule has 0 atom stereocenters. The first-order chi connectivity index (χ1) is 7.84. The number of aliphatic hydroxyl groups excluding tert-OH is 1. The number of carbonyl (C=O) groups is 2. The predicted molar refractivity (Wildman–Crippen MR) is 63.5 cm³/mol. The minimum atomic E-state index is -4.94. The van der Waals surface area contributed by atoms with Crippen LogP contribution in [-0.2, 0) is 10.1 Å². The third-order valence-electron chi connectivity index (χ3n) is 2.31. The number of rotatable bonds is 1. The van der Waals surface area contributed by atoms with Gasteiger partial charge in [0.1, 0.15) is 0 Å². The Kier molecular flexibility index (Phi) is 4.14. The molecule has 6 nitrogen and oxygen atoms in total. The van der Waals surface area contributed by atoms with Crippen LogP contribution in [0.1, 0.15) is 20.7 Å². The van der Waals surface area contributed by atoms with Gasteiger partial charge in [0.15, 0.2) is 10.7 Å². The Morgan fingerprint density at radius 2 is 1.39 bits per heavy atom. The number of aliphatic hydroxyl groups is 1. The van der Waals surface area contributed by atoms with Crippen LogP contribution in [0.5, 0.6) is 0 Å². The zero-order valence-electron chi connectivity index (χ0n) is 8.25. The van der Waals surface area contributed by atoms with Crippen LogP contribution in [0.15, 0.2) is 34.9 Å². The second-order valence-corrected chi connectivity index (χ2v) is 4.72. The number of allylic oxidation sites excluding steroid dienone is 2. The van der Waals surface area contributed by atoms with Crippen LogP contribution in [0.2, 0.25) is 0 Å². The zero-order valence-corrected chi connectivity index (χ0v) is 9.06. The summed E-state index contributed by atoms with van der Waals surface area (Å²) in [5, 5.41) is 9.36.